The molecule has 0 aliphatic carbocycles. The fourth-order valence-electron chi connectivity index (χ4n) is 2.73. The number of hydrogen-bond acceptors (Lipinski definition) is 6. The molecule has 1 atom stereocenters. The first kappa shape index (κ1) is 16.4. The van der Waals surface area contributed by atoms with Crippen LogP contribution >= 0.6 is 0 Å². The smallest absolute Gasteiger partial charge is 0.250 e. The van der Waals surface area contributed by atoms with E-state index in [0.717, 1.165) is 0 Å². The third-order valence-corrected chi connectivity index (χ3v) is 3.66. The summed E-state index contributed by atoms with van der Waals surface area (Å²) in [5.41, 5.74) is 12.0. The number of ketones is 1. The molecule has 1 aromatic carbocycles. The number of phenolic OH excluding ortho intramolecular Hbond substituents is 1. The Hall–Kier alpha value is -2.96. The van der Waals surface area contributed by atoms with Gasteiger partial charge in [0.15, 0.2) is 11.7 Å². The second kappa shape index (κ2) is 6.04. The summed E-state index contributed by atoms with van der Waals surface area (Å²) in [5, 5.41) is 9.61. The van der Waals surface area contributed by atoms with Crippen molar-refractivity contribution < 1.29 is 24.2 Å². The van der Waals surface area contributed by atoms with Gasteiger partial charge >= 0.3 is 0 Å². The van der Waals surface area contributed by atoms with E-state index in [1.165, 1.54) is 26.2 Å². The Bertz CT molecular complexity index is 713. The summed E-state index contributed by atoms with van der Waals surface area (Å²) < 4.78 is 10.6. The van der Waals surface area contributed by atoms with Crippen LogP contribution in [0, 0.1) is 0 Å². The lowest BCUT2D eigenvalue weighted by molar-refractivity contribution is -0.115. The van der Waals surface area contributed by atoms with Crippen molar-refractivity contribution in [3.05, 3.63) is 46.6 Å². The monoisotopic (exact) mass is 318 g/mol. The van der Waals surface area contributed by atoms with Crippen LogP contribution < -0.4 is 16.2 Å². The predicted molar refractivity (Wildman–Crippen MR) is 82.3 cm³/mol. The fraction of sp³-hybridized carbons (Fsp3) is 0.250. The number of benzene rings is 1. The molecule has 0 saturated heterocycles. The van der Waals surface area contributed by atoms with Crippen molar-refractivity contribution in [2.75, 3.05) is 7.11 Å². The van der Waals surface area contributed by atoms with Gasteiger partial charge in [0.1, 0.15) is 17.3 Å². The Kier molecular flexibility index (Phi) is 4.31. The summed E-state index contributed by atoms with van der Waals surface area (Å²) >= 11 is 0. The minimum absolute atomic E-state index is 0.0136. The summed E-state index contributed by atoms with van der Waals surface area (Å²) in [6, 6.07) is 4.36. The molecule has 1 aromatic rings. The third kappa shape index (κ3) is 2.85. The molecule has 0 aromatic heterocycles. The van der Waals surface area contributed by atoms with Crippen molar-refractivity contribution in [1.82, 2.24) is 0 Å². The van der Waals surface area contributed by atoms with Gasteiger partial charge in [0.25, 0.3) is 5.91 Å². The van der Waals surface area contributed by atoms with Crippen LogP contribution in [0.5, 0.6) is 11.5 Å². The van der Waals surface area contributed by atoms with Crippen LogP contribution in [-0.4, -0.2) is 23.9 Å². The number of primary amides is 1. The largest absolute Gasteiger partial charge is 0.508 e. The first-order valence-corrected chi connectivity index (χ1v) is 6.83. The minimum atomic E-state index is -0.825. The second-order valence-electron chi connectivity index (χ2n) is 5.13. The molecule has 1 heterocycles. The van der Waals surface area contributed by atoms with E-state index in [1.807, 2.05) is 0 Å². The van der Waals surface area contributed by atoms with Gasteiger partial charge in [-0.3, -0.25) is 9.59 Å². The van der Waals surface area contributed by atoms with Crippen molar-refractivity contribution >= 4 is 11.7 Å². The highest BCUT2D eigenvalue weighted by atomic mass is 16.5. The number of ether oxygens (including phenoxy) is 2. The van der Waals surface area contributed by atoms with Crippen LogP contribution in [0.15, 0.2) is 41.0 Å². The molecule has 0 saturated carbocycles. The van der Waals surface area contributed by atoms with Crippen molar-refractivity contribution in [3.63, 3.8) is 0 Å². The molecule has 0 bridgehead atoms. The summed E-state index contributed by atoms with van der Waals surface area (Å²) in [5.74, 6) is -1.48. The molecular formula is C16H18N2O5. The van der Waals surface area contributed by atoms with Crippen LogP contribution in [-0.2, 0) is 14.3 Å². The van der Waals surface area contributed by atoms with Crippen molar-refractivity contribution in [2.24, 2.45) is 11.5 Å². The molecule has 2 rings (SSSR count). The third-order valence-electron chi connectivity index (χ3n) is 3.66. The molecule has 1 aliphatic heterocycles. The summed E-state index contributed by atoms with van der Waals surface area (Å²) in [6.07, 6.45) is 0. The lowest BCUT2D eigenvalue weighted by Crippen LogP contribution is -2.31. The van der Waals surface area contributed by atoms with Gasteiger partial charge in [-0.05, 0) is 19.9 Å². The van der Waals surface area contributed by atoms with Crippen LogP contribution in [0.2, 0.25) is 0 Å². The molecule has 122 valence electrons. The number of amides is 1. The number of aromatic hydroxyl groups is 1. The van der Waals surface area contributed by atoms with Crippen LogP contribution in [0.25, 0.3) is 0 Å². The first-order valence-electron chi connectivity index (χ1n) is 6.83. The van der Waals surface area contributed by atoms with E-state index >= 15 is 0 Å². The zero-order valence-corrected chi connectivity index (χ0v) is 13.0. The number of methoxy groups -OCH3 is 1. The molecule has 23 heavy (non-hydrogen) atoms. The van der Waals surface area contributed by atoms with Gasteiger partial charge < -0.3 is 26.0 Å². The lowest BCUT2D eigenvalue weighted by Gasteiger charge is -2.29. The molecule has 0 radical (unpaired) electrons. The van der Waals surface area contributed by atoms with Gasteiger partial charge in [-0.1, -0.05) is 6.07 Å². The Balaban J connectivity index is 2.77. The number of phenols is 1. The van der Waals surface area contributed by atoms with Crippen molar-refractivity contribution in [2.45, 2.75) is 19.8 Å². The van der Waals surface area contributed by atoms with Crippen molar-refractivity contribution in [3.8, 4) is 11.5 Å². The zero-order chi connectivity index (χ0) is 17.3. The number of allylic oxidation sites excluding steroid dienone is 2. The molecule has 1 amide bonds. The van der Waals surface area contributed by atoms with E-state index < -0.39 is 11.8 Å². The highest BCUT2D eigenvalue weighted by molar-refractivity contribution is 6.02. The van der Waals surface area contributed by atoms with E-state index in [4.69, 9.17) is 20.9 Å². The average Bonchev–Trinajstić information content (AvgIpc) is 2.45. The lowest BCUT2D eigenvalue weighted by atomic mass is 9.80. The Morgan fingerprint density at radius 3 is 2.48 bits per heavy atom. The average molecular weight is 318 g/mol. The zero-order valence-electron chi connectivity index (χ0n) is 13.0. The van der Waals surface area contributed by atoms with E-state index in [2.05, 4.69) is 0 Å². The molecule has 7 heteroatoms. The van der Waals surface area contributed by atoms with Gasteiger partial charge in [0.2, 0.25) is 0 Å². The Morgan fingerprint density at radius 2 is 1.96 bits per heavy atom. The molecule has 1 unspecified atom stereocenters. The van der Waals surface area contributed by atoms with Gasteiger partial charge in [-0.2, -0.15) is 0 Å². The van der Waals surface area contributed by atoms with Gasteiger partial charge in [0, 0.05) is 17.2 Å². The maximum absolute atomic E-state index is 12.1. The van der Waals surface area contributed by atoms with Gasteiger partial charge in [-0.15, -0.1) is 0 Å². The van der Waals surface area contributed by atoms with Crippen molar-refractivity contribution in [1.29, 1.82) is 0 Å². The Labute approximate surface area is 133 Å². The summed E-state index contributed by atoms with van der Waals surface area (Å²) in [7, 11) is 1.42. The maximum atomic E-state index is 12.1. The molecule has 7 nitrogen and oxygen atoms in total. The van der Waals surface area contributed by atoms with Crippen LogP contribution in [0.4, 0.5) is 0 Å². The molecule has 0 fully saturated rings. The number of Topliss-reactive ketones (excluding diaryl/α,β-unsaturated/α-hetero) is 1. The number of hydrogen-bond donors (Lipinski definition) is 3. The maximum Gasteiger partial charge on any atom is 0.250 e. The molecule has 5 N–H and O–H groups in total. The quantitative estimate of drug-likeness (QED) is 0.761. The topological polar surface area (TPSA) is 125 Å². The normalized spacial score (nSPS) is 17.8. The highest BCUT2D eigenvalue weighted by Crippen LogP contribution is 2.43. The molecule has 1 aliphatic rings. The van der Waals surface area contributed by atoms with E-state index in [0.29, 0.717) is 17.1 Å². The standard InChI is InChI=1S/C16H18N2O5/c1-7(19)12-8(2)23-16(18)14(15(17)21)13(12)10-5-4-9(20)6-11(10)22-3/h4-6,13,20H,18H2,1-3H3,(H2,17,21). The van der Waals surface area contributed by atoms with Crippen LogP contribution in [0.3, 0.4) is 0 Å². The van der Waals surface area contributed by atoms with Crippen LogP contribution in [0.1, 0.15) is 25.3 Å². The number of carbonyl (C=O) groups is 2. The van der Waals surface area contributed by atoms with Gasteiger partial charge in [-0.25, -0.2) is 0 Å². The van der Waals surface area contributed by atoms with E-state index in [-0.39, 0.29) is 28.6 Å². The number of rotatable bonds is 4. The second-order valence-corrected chi connectivity index (χ2v) is 5.13. The Morgan fingerprint density at radius 1 is 1.30 bits per heavy atom. The minimum Gasteiger partial charge on any atom is -0.508 e. The predicted octanol–water partition coefficient (Wildman–Crippen LogP) is 1.03. The number of carbonyl (C=O) groups excluding carboxylic acids is 2. The van der Waals surface area contributed by atoms with E-state index in [9.17, 15) is 14.7 Å². The van der Waals surface area contributed by atoms with E-state index in [1.54, 1.807) is 13.0 Å². The fourth-order valence-corrected chi connectivity index (χ4v) is 2.73. The SMILES string of the molecule is COc1cc(O)ccc1C1C(C(C)=O)=C(C)OC(N)=C1C(N)=O. The molecule has 0 spiro atoms. The summed E-state index contributed by atoms with van der Waals surface area (Å²) in [4.78, 5) is 24.0. The molecular weight excluding hydrogens is 300 g/mol. The first-order chi connectivity index (χ1) is 10.8. The van der Waals surface area contributed by atoms with Gasteiger partial charge in [0.05, 0.1) is 18.6 Å². The summed E-state index contributed by atoms with van der Waals surface area (Å²) in [6.45, 7) is 2.95. The number of nitrogens with two attached hydrogens (primary N) is 2. The highest BCUT2D eigenvalue weighted by Gasteiger charge is 2.37.